The first kappa shape index (κ1) is 21.4. The SMILES string of the molecule is CCC(C)NC(=O)c1cccc(CNC(=NC)NCc2ccc(F)c(C)c2)c1. The van der Waals surface area contributed by atoms with E-state index in [1.807, 2.05) is 44.2 Å². The summed E-state index contributed by atoms with van der Waals surface area (Å²) in [5.41, 5.74) is 3.22. The van der Waals surface area contributed by atoms with Gasteiger partial charge in [0.2, 0.25) is 0 Å². The third-order valence-corrected chi connectivity index (χ3v) is 4.54. The van der Waals surface area contributed by atoms with Gasteiger partial charge in [0.05, 0.1) is 0 Å². The van der Waals surface area contributed by atoms with E-state index in [1.165, 1.54) is 6.07 Å². The number of guanidine groups is 1. The lowest BCUT2D eigenvalue weighted by Crippen LogP contribution is -2.36. The summed E-state index contributed by atoms with van der Waals surface area (Å²) in [5, 5.41) is 9.42. The zero-order valence-electron chi connectivity index (χ0n) is 17.0. The van der Waals surface area contributed by atoms with Crippen molar-refractivity contribution in [2.24, 2.45) is 4.99 Å². The van der Waals surface area contributed by atoms with E-state index in [9.17, 15) is 9.18 Å². The molecule has 2 aromatic rings. The summed E-state index contributed by atoms with van der Waals surface area (Å²) < 4.78 is 13.4. The van der Waals surface area contributed by atoms with Crippen LogP contribution in [0, 0.1) is 12.7 Å². The van der Waals surface area contributed by atoms with Crippen LogP contribution in [0.4, 0.5) is 4.39 Å². The summed E-state index contributed by atoms with van der Waals surface area (Å²) in [6.07, 6.45) is 0.891. The van der Waals surface area contributed by atoms with Crippen LogP contribution in [-0.2, 0) is 13.1 Å². The van der Waals surface area contributed by atoms with Gasteiger partial charge in [-0.2, -0.15) is 0 Å². The molecule has 0 aliphatic rings. The molecule has 28 heavy (non-hydrogen) atoms. The molecule has 0 fully saturated rings. The Morgan fingerprint density at radius 3 is 2.39 bits per heavy atom. The molecule has 5 nitrogen and oxygen atoms in total. The van der Waals surface area contributed by atoms with Gasteiger partial charge in [-0.3, -0.25) is 9.79 Å². The summed E-state index contributed by atoms with van der Waals surface area (Å²) in [6.45, 7) is 6.85. The van der Waals surface area contributed by atoms with Crippen molar-refractivity contribution >= 4 is 11.9 Å². The average Bonchev–Trinajstić information content (AvgIpc) is 2.70. The normalized spacial score (nSPS) is 12.4. The van der Waals surface area contributed by atoms with Crippen LogP contribution in [-0.4, -0.2) is 25.0 Å². The number of amides is 1. The second-order valence-electron chi connectivity index (χ2n) is 6.85. The Balaban J connectivity index is 1.91. The van der Waals surface area contributed by atoms with Crippen molar-refractivity contribution < 1.29 is 9.18 Å². The molecule has 0 radical (unpaired) electrons. The Morgan fingerprint density at radius 1 is 1.11 bits per heavy atom. The molecule has 1 amide bonds. The first-order valence-corrected chi connectivity index (χ1v) is 9.52. The van der Waals surface area contributed by atoms with Crippen molar-refractivity contribution in [2.75, 3.05) is 7.05 Å². The topological polar surface area (TPSA) is 65.5 Å². The van der Waals surface area contributed by atoms with Gasteiger partial charge in [-0.05, 0) is 55.2 Å². The van der Waals surface area contributed by atoms with Gasteiger partial charge < -0.3 is 16.0 Å². The predicted molar refractivity (Wildman–Crippen MR) is 112 cm³/mol. The molecule has 150 valence electrons. The van der Waals surface area contributed by atoms with Gasteiger partial charge in [-0.15, -0.1) is 0 Å². The Bertz CT molecular complexity index is 835. The molecule has 2 aromatic carbocycles. The van der Waals surface area contributed by atoms with E-state index in [4.69, 9.17) is 0 Å². The molecule has 0 spiro atoms. The van der Waals surface area contributed by atoms with Crippen molar-refractivity contribution in [3.63, 3.8) is 0 Å². The number of rotatable bonds is 7. The highest BCUT2D eigenvalue weighted by atomic mass is 19.1. The van der Waals surface area contributed by atoms with Crippen LogP contribution in [0.25, 0.3) is 0 Å². The number of halogens is 1. The summed E-state index contributed by atoms with van der Waals surface area (Å²) in [6, 6.07) is 12.7. The van der Waals surface area contributed by atoms with E-state index in [1.54, 1.807) is 20.0 Å². The monoisotopic (exact) mass is 384 g/mol. The number of hydrogen-bond donors (Lipinski definition) is 3. The molecular formula is C22H29FN4O. The standard InChI is InChI=1S/C22H29FN4O/c1-5-16(3)27-21(28)19-8-6-7-17(12-19)13-25-22(24-4)26-14-18-9-10-20(23)15(2)11-18/h6-12,16H,5,13-14H2,1-4H3,(H,27,28)(H2,24,25,26). The molecule has 0 saturated heterocycles. The molecule has 0 aromatic heterocycles. The minimum absolute atomic E-state index is 0.0645. The predicted octanol–water partition coefficient (Wildman–Crippen LogP) is 3.53. The molecule has 0 heterocycles. The number of nitrogens with zero attached hydrogens (tertiary/aromatic N) is 1. The fourth-order valence-corrected chi connectivity index (χ4v) is 2.64. The number of nitrogens with one attached hydrogen (secondary N) is 3. The van der Waals surface area contributed by atoms with Crippen LogP contribution in [0.1, 0.15) is 47.3 Å². The highest BCUT2D eigenvalue weighted by molar-refractivity contribution is 5.94. The Morgan fingerprint density at radius 2 is 1.79 bits per heavy atom. The number of aryl methyl sites for hydroxylation is 1. The van der Waals surface area contributed by atoms with Crippen LogP contribution in [0.3, 0.4) is 0 Å². The highest BCUT2D eigenvalue weighted by Crippen LogP contribution is 2.09. The number of benzene rings is 2. The zero-order chi connectivity index (χ0) is 20.5. The molecule has 1 unspecified atom stereocenters. The Labute approximate surface area is 166 Å². The molecule has 6 heteroatoms. The Kier molecular flexibility index (Phi) is 7.99. The van der Waals surface area contributed by atoms with Gasteiger partial charge in [-0.1, -0.05) is 31.2 Å². The molecule has 2 rings (SSSR count). The van der Waals surface area contributed by atoms with Gasteiger partial charge >= 0.3 is 0 Å². The molecule has 0 aliphatic heterocycles. The van der Waals surface area contributed by atoms with Crippen molar-refractivity contribution in [1.29, 1.82) is 0 Å². The third kappa shape index (κ3) is 6.37. The smallest absolute Gasteiger partial charge is 0.251 e. The number of carbonyl (C=O) groups is 1. The summed E-state index contributed by atoms with van der Waals surface area (Å²) >= 11 is 0. The fourth-order valence-electron chi connectivity index (χ4n) is 2.64. The maximum atomic E-state index is 13.4. The molecule has 0 aliphatic carbocycles. The van der Waals surface area contributed by atoms with Gasteiger partial charge in [0.25, 0.3) is 5.91 Å². The highest BCUT2D eigenvalue weighted by Gasteiger charge is 2.09. The minimum Gasteiger partial charge on any atom is -0.352 e. The maximum Gasteiger partial charge on any atom is 0.251 e. The molecule has 0 bridgehead atoms. The molecule has 0 saturated carbocycles. The van der Waals surface area contributed by atoms with Gasteiger partial charge in [0, 0.05) is 31.7 Å². The molecule has 1 atom stereocenters. The van der Waals surface area contributed by atoms with Gasteiger partial charge in [0.1, 0.15) is 5.82 Å². The van der Waals surface area contributed by atoms with E-state index in [-0.39, 0.29) is 17.8 Å². The zero-order valence-corrected chi connectivity index (χ0v) is 17.0. The lowest BCUT2D eigenvalue weighted by molar-refractivity contribution is 0.0939. The first-order valence-electron chi connectivity index (χ1n) is 9.52. The largest absolute Gasteiger partial charge is 0.352 e. The van der Waals surface area contributed by atoms with Crippen LogP contribution >= 0.6 is 0 Å². The van der Waals surface area contributed by atoms with E-state index in [0.29, 0.717) is 30.2 Å². The first-order chi connectivity index (χ1) is 13.4. The van der Waals surface area contributed by atoms with Gasteiger partial charge in [0.15, 0.2) is 5.96 Å². The molecular weight excluding hydrogens is 355 g/mol. The lowest BCUT2D eigenvalue weighted by Gasteiger charge is -2.14. The van der Waals surface area contributed by atoms with E-state index in [0.717, 1.165) is 17.5 Å². The van der Waals surface area contributed by atoms with Crippen molar-refractivity contribution in [3.05, 3.63) is 70.5 Å². The second-order valence-corrected chi connectivity index (χ2v) is 6.85. The molecule has 3 N–H and O–H groups in total. The van der Waals surface area contributed by atoms with E-state index in [2.05, 4.69) is 20.9 Å². The van der Waals surface area contributed by atoms with E-state index < -0.39 is 0 Å². The third-order valence-electron chi connectivity index (χ3n) is 4.54. The van der Waals surface area contributed by atoms with Crippen LogP contribution in [0.2, 0.25) is 0 Å². The van der Waals surface area contributed by atoms with Crippen molar-refractivity contribution in [1.82, 2.24) is 16.0 Å². The Hall–Kier alpha value is -2.89. The fraction of sp³-hybridized carbons (Fsp3) is 0.364. The van der Waals surface area contributed by atoms with Gasteiger partial charge in [-0.25, -0.2) is 4.39 Å². The second kappa shape index (κ2) is 10.4. The van der Waals surface area contributed by atoms with E-state index >= 15 is 0 Å². The van der Waals surface area contributed by atoms with Crippen molar-refractivity contribution in [3.8, 4) is 0 Å². The lowest BCUT2D eigenvalue weighted by atomic mass is 10.1. The van der Waals surface area contributed by atoms with Crippen molar-refractivity contribution in [2.45, 2.75) is 46.3 Å². The van der Waals surface area contributed by atoms with Crippen LogP contribution in [0.15, 0.2) is 47.5 Å². The summed E-state index contributed by atoms with van der Waals surface area (Å²) in [7, 11) is 1.70. The number of hydrogen-bond acceptors (Lipinski definition) is 2. The summed E-state index contributed by atoms with van der Waals surface area (Å²) in [4.78, 5) is 16.5. The minimum atomic E-state index is -0.205. The number of aliphatic imine (C=N–C) groups is 1. The van der Waals surface area contributed by atoms with Crippen LogP contribution < -0.4 is 16.0 Å². The quantitative estimate of drug-likeness (QED) is 0.505. The maximum absolute atomic E-state index is 13.4. The number of carbonyl (C=O) groups excluding carboxylic acids is 1. The summed E-state index contributed by atoms with van der Waals surface area (Å²) in [5.74, 6) is 0.366. The van der Waals surface area contributed by atoms with Crippen LogP contribution in [0.5, 0.6) is 0 Å². The average molecular weight is 384 g/mol.